The minimum Gasteiger partial charge on any atom is -0.315 e. The van der Waals surface area contributed by atoms with E-state index in [1.165, 1.54) is 64.5 Å². The van der Waals surface area contributed by atoms with Gasteiger partial charge in [-0.15, -0.1) is 0 Å². The van der Waals surface area contributed by atoms with E-state index in [4.69, 9.17) is 0 Å². The maximum Gasteiger partial charge on any atom is 0.0251 e. The minimum absolute atomic E-state index is 0.731. The van der Waals surface area contributed by atoms with Gasteiger partial charge >= 0.3 is 0 Å². The molecule has 0 radical (unpaired) electrons. The summed E-state index contributed by atoms with van der Waals surface area (Å²) in [5.41, 5.74) is 0. The first-order valence-corrected chi connectivity index (χ1v) is 8.63. The third kappa shape index (κ3) is 4.19. The molecule has 1 saturated carbocycles. The fourth-order valence-corrected chi connectivity index (χ4v) is 4.13. The zero-order chi connectivity index (χ0) is 13.7. The van der Waals surface area contributed by atoms with Gasteiger partial charge in [0.1, 0.15) is 0 Å². The lowest BCUT2D eigenvalue weighted by Gasteiger charge is -2.44. The van der Waals surface area contributed by atoms with Gasteiger partial charge in [0.15, 0.2) is 0 Å². The molecule has 0 amide bonds. The van der Waals surface area contributed by atoms with E-state index in [0.29, 0.717) is 0 Å². The van der Waals surface area contributed by atoms with Crippen LogP contribution in [-0.4, -0.2) is 37.1 Å². The zero-order valence-electron chi connectivity index (χ0n) is 13.3. The first kappa shape index (κ1) is 15.3. The van der Waals surface area contributed by atoms with Crippen molar-refractivity contribution in [2.24, 2.45) is 11.8 Å². The molecule has 0 spiro atoms. The molecule has 0 bridgehead atoms. The highest BCUT2D eigenvalue weighted by Gasteiger charge is 2.34. The summed E-state index contributed by atoms with van der Waals surface area (Å²) >= 11 is 0. The summed E-state index contributed by atoms with van der Waals surface area (Å²) in [5, 5.41) is 3.61. The van der Waals surface area contributed by atoms with Gasteiger partial charge in [-0.25, -0.2) is 0 Å². The summed E-state index contributed by atoms with van der Waals surface area (Å²) in [4.78, 5) is 2.83. The molecule has 1 heterocycles. The third-order valence-corrected chi connectivity index (χ3v) is 5.53. The molecule has 2 fully saturated rings. The maximum atomic E-state index is 3.61. The van der Waals surface area contributed by atoms with Crippen molar-refractivity contribution < 1.29 is 0 Å². The summed E-state index contributed by atoms with van der Waals surface area (Å²) in [5.74, 6) is 1.80. The molecule has 0 aromatic heterocycles. The van der Waals surface area contributed by atoms with Crippen LogP contribution in [0.5, 0.6) is 0 Å². The van der Waals surface area contributed by atoms with Crippen molar-refractivity contribution in [3.63, 3.8) is 0 Å². The Morgan fingerprint density at radius 1 is 0.947 bits per heavy atom. The van der Waals surface area contributed by atoms with Crippen LogP contribution >= 0.6 is 0 Å². The summed E-state index contributed by atoms with van der Waals surface area (Å²) in [6.45, 7) is 7.51. The summed E-state index contributed by atoms with van der Waals surface area (Å²) in [7, 11) is 2.16. The van der Waals surface area contributed by atoms with E-state index >= 15 is 0 Å². The van der Waals surface area contributed by atoms with Gasteiger partial charge in [-0.3, -0.25) is 4.90 Å². The lowest BCUT2D eigenvalue weighted by Crippen LogP contribution is -2.53. The van der Waals surface area contributed by atoms with Crippen LogP contribution in [0.3, 0.4) is 0 Å². The van der Waals surface area contributed by atoms with E-state index in [0.717, 1.165) is 23.9 Å². The molecule has 1 aliphatic carbocycles. The van der Waals surface area contributed by atoms with E-state index in [-0.39, 0.29) is 0 Å². The average Bonchev–Trinajstić information content (AvgIpc) is 2.37. The highest BCUT2D eigenvalue weighted by atomic mass is 15.2. The van der Waals surface area contributed by atoms with E-state index in [1.54, 1.807) is 0 Å². The van der Waals surface area contributed by atoms with Crippen LogP contribution in [0, 0.1) is 11.8 Å². The van der Waals surface area contributed by atoms with Crippen LogP contribution in [0.2, 0.25) is 0 Å². The fraction of sp³-hybridized carbons (Fsp3) is 1.00. The number of hydrogen-bond donors (Lipinski definition) is 1. The molecule has 1 saturated heterocycles. The molecule has 3 atom stereocenters. The number of rotatable bonds is 3. The van der Waals surface area contributed by atoms with Crippen molar-refractivity contribution in [3.05, 3.63) is 0 Å². The molecular formula is C17H34N2. The molecule has 112 valence electrons. The smallest absolute Gasteiger partial charge is 0.0251 e. The third-order valence-electron chi connectivity index (χ3n) is 5.53. The standard InChI is InChI=1S/C17H34N2/c1-14(2)15-9-10-16(18-3)17(13-15)19-11-7-5-4-6-8-12-19/h14-18H,4-13H2,1-3H3. The number of likely N-dealkylation sites (N-methyl/N-ethyl adjacent to an activating group) is 1. The van der Waals surface area contributed by atoms with Gasteiger partial charge in [-0.1, -0.05) is 33.1 Å². The molecule has 2 aliphatic rings. The summed E-state index contributed by atoms with van der Waals surface area (Å²) in [6, 6.07) is 1.53. The molecule has 19 heavy (non-hydrogen) atoms. The Hall–Kier alpha value is -0.0800. The van der Waals surface area contributed by atoms with Crippen LogP contribution in [-0.2, 0) is 0 Å². The van der Waals surface area contributed by atoms with Crippen molar-refractivity contribution in [2.45, 2.75) is 77.3 Å². The first-order chi connectivity index (χ1) is 9.22. The lowest BCUT2D eigenvalue weighted by atomic mass is 9.76. The van der Waals surface area contributed by atoms with E-state index in [2.05, 4.69) is 31.1 Å². The Balaban J connectivity index is 1.99. The van der Waals surface area contributed by atoms with E-state index < -0.39 is 0 Å². The number of likely N-dealkylation sites (tertiary alicyclic amines) is 1. The molecule has 2 nitrogen and oxygen atoms in total. The second-order valence-electron chi connectivity index (χ2n) is 7.08. The number of nitrogens with one attached hydrogen (secondary N) is 1. The molecule has 1 aliphatic heterocycles. The van der Waals surface area contributed by atoms with Gasteiger partial charge in [0.05, 0.1) is 0 Å². The predicted octanol–water partition coefficient (Wildman–Crippen LogP) is 3.67. The van der Waals surface area contributed by atoms with Crippen molar-refractivity contribution in [2.75, 3.05) is 20.1 Å². The highest BCUT2D eigenvalue weighted by molar-refractivity contribution is 4.91. The van der Waals surface area contributed by atoms with Crippen molar-refractivity contribution >= 4 is 0 Å². The molecule has 0 aromatic rings. The lowest BCUT2D eigenvalue weighted by molar-refractivity contribution is 0.0790. The van der Waals surface area contributed by atoms with Gasteiger partial charge < -0.3 is 5.32 Å². The van der Waals surface area contributed by atoms with Crippen LogP contribution in [0.1, 0.15) is 65.2 Å². The van der Waals surface area contributed by atoms with Crippen LogP contribution in [0.4, 0.5) is 0 Å². The Bertz CT molecular complexity index is 244. The van der Waals surface area contributed by atoms with Crippen LogP contribution in [0.15, 0.2) is 0 Å². The molecule has 2 heteroatoms. The zero-order valence-corrected chi connectivity index (χ0v) is 13.3. The van der Waals surface area contributed by atoms with Gasteiger partial charge in [0.25, 0.3) is 0 Å². The summed E-state index contributed by atoms with van der Waals surface area (Å²) in [6.07, 6.45) is 11.4. The highest BCUT2D eigenvalue weighted by Crippen LogP contribution is 2.33. The largest absolute Gasteiger partial charge is 0.315 e. The minimum atomic E-state index is 0.731. The molecular weight excluding hydrogens is 232 g/mol. The monoisotopic (exact) mass is 266 g/mol. The SMILES string of the molecule is CNC1CCC(C(C)C)CC1N1CCCCCCC1. The molecule has 0 aromatic carbocycles. The van der Waals surface area contributed by atoms with Gasteiger partial charge in [-0.2, -0.15) is 0 Å². The first-order valence-electron chi connectivity index (χ1n) is 8.63. The summed E-state index contributed by atoms with van der Waals surface area (Å²) < 4.78 is 0. The van der Waals surface area contributed by atoms with Crippen LogP contribution < -0.4 is 5.32 Å². The average molecular weight is 266 g/mol. The van der Waals surface area contributed by atoms with E-state index in [9.17, 15) is 0 Å². The van der Waals surface area contributed by atoms with Gasteiger partial charge in [-0.05, 0) is 64.1 Å². The Kier molecular flexibility index (Phi) is 6.15. The second-order valence-corrected chi connectivity index (χ2v) is 7.08. The maximum absolute atomic E-state index is 3.61. The quantitative estimate of drug-likeness (QED) is 0.838. The van der Waals surface area contributed by atoms with Crippen molar-refractivity contribution in [1.82, 2.24) is 10.2 Å². The van der Waals surface area contributed by atoms with Crippen molar-refractivity contribution in [3.8, 4) is 0 Å². The molecule has 2 rings (SSSR count). The molecule has 1 N–H and O–H groups in total. The topological polar surface area (TPSA) is 15.3 Å². The number of nitrogens with zero attached hydrogens (tertiary/aromatic N) is 1. The Morgan fingerprint density at radius 3 is 2.16 bits per heavy atom. The second kappa shape index (κ2) is 7.64. The van der Waals surface area contributed by atoms with Crippen LogP contribution in [0.25, 0.3) is 0 Å². The van der Waals surface area contributed by atoms with Gasteiger partial charge in [0.2, 0.25) is 0 Å². The Morgan fingerprint density at radius 2 is 1.58 bits per heavy atom. The van der Waals surface area contributed by atoms with Gasteiger partial charge in [0, 0.05) is 12.1 Å². The number of hydrogen-bond acceptors (Lipinski definition) is 2. The predicted molar refractivity (Wildman–Crippen MR) is 83.5 cm³/mol. The normalized spacial score (nSPS) is 35.1. The fourth-order valence-electron chi connectivity index (χ4n) is 4.13. The van der Waals surface area contributed by atoms with Crippen molar-refractivity contribution in [1.29, 1.82) is 0 Å². The Labute approximate surface area is 120 Å². The van der Waals surface area contributed by atoms with E-state index in [1.807, 2.05) is 0 Å². The molecule has 3 unspecified atom stereocenters.